The molecule has 23 heavy (non-hydrogen) atoms. The van der Waals surface area contributed by atoms with Crippen molar-refractivity contribution in [3.8, 4) is 0 Å². The number of hydrogen-bond donors (Lipinski definition) is 2. The molecule has 3 rings (SSSR count). The minimum Gasteiger partial charge on any atom is -0.399 e. The molecule has 1 aliphatic rings. The highest BCUT2D eigenvalue weighted by atomic mass is 16.2. The van der Waals surface area contributed by atoms with Gasteiger partial charge in [0.15, 0.2) is 0 Å². The Labute approximate surface area is 136 Å². The number of nitrogens with zero attached hydrogens (tertiary/aromatic N) is 1. The van der Waals surface area contributed by atoms with Gasteiger partial charge in [-0.2, -0.15) is 0 Å². The second kappa shape index (κ2) is 7.13. The molecule has 1 aromatic heterocycles. The van der Waals surface area contributed by atoms with Crippen LogP contribution < -0.4 is 16.2 Å². The van der Waals surface area contributed by atoms with Crippen molar-refractivity contribution in [2.24, 2.45) is 5.92 Å². The molecule has 0 aliphatic carbocycles. The van der Waals surface area contributed by atoms with E-state index >= 15 is 0 Å². The first kappa shape index (κ1) is 16.8. The SMILES string of the molecule is CC(=O)N1c2ccccc2C[C@@H](C)[C@@H]1C.Nc1cc[nH]c(=O)c1. The molecular formula is C18H23N3O2. The van der Waals surface area contributed by atoms with Crippen LogP contribution in [0.5, 0.6) is 0 Å². The Bertz CT molecular complexity index is 739. The van der Waals surface area contributed by atoms with Crippen molar-refractivity contribution in [3.05, 3.63) is 58.5 Å². The predicted molar refractivity (Wildman–Crippen MR) is 93.4 cm³/mol. The lowest BCUT2D eigenvalue weighted by atomic mass is 9.88. The Hall–Kier alpha value is -2.56. The maximum absolute atomic E-state index is 11.6. The Balaban J connectivity index is 0.000000203. The van der Waals surface area contributed by atoms with Crippen LogP contribution in [-0.4, -0.2) is 16.9 Å². The summed E-state index contributed by atoms with van der Waals surface area (Å²) in [6, 6.07) is 11.5. The summed E-state index contributed by atoms with van der Waals surface area (Å²) in [4.78, 5) is 26.4. The topological polar surface area (TPSA) is 79.2 Å². The highest BCUT2D eigenvalue weighted by molar-refractivity contribution is 5.93. The molecule has 2 aromatic rings. The molecule has 3 N–H and O–H groups in total. The van der Waals surface area contributed by atoms with Crippen LogP contribution in [0.2, 0.25) is 0 Å². The smallest absolute Gasteiger partial charge is 0.249 e. The van der Waals surface area contributed by atoms with Crippen LogP contribution >= 0.6 is 0 Å². The highest BCUT2D eigenvalue weighted by Crippen LogP contribution is 2.33. The number of nitrogen functional groups attached to an aromatic ring is 1. The molecule has 5 heteroatoms. The second-order valence-corrected chi connectivity index (χ2v) is 5.93. The van der Waals surface area contributed by atoms with E-state index < -0.39 is 0 Å². The highest BCUT2D eigenvalue weighted by Gasteiger charge is 2.30. The van der Waals surface area contributed by atoms with Gasteiger partial charge >= 0.3 is 0 Å². The summed E-state index contributed by atoms with van der Waals surface area (Å²) < 4.78 is 0. The van der Waals surface area contributed by atoms with Crippen molar-refractivity contribution in [2.45, 2.75) is 33.2 Å². The quantitative estimate of drug-likeness (QED) is 0.784. The number of pyridine rings is 1. The molecule has 1 aliphatic heterocycles. The number of aromatic nitrogens is 1. The average Bonchev–Trinajstić information content (AvgIpc) is 2.48. The van der Waals surface area contributed by atoms with Crippen LogP contribution in [0.3, 0.4) is 0 Å². The van der Waals surface area contributed by atoms with Crippen molar-refractivity contribution >= 4 is 17.3 Å². The van der Waals surface area contributed by atoms with Crippen LogP contribution in [0.25, 0.3) is 0 Å². The van der Waals surface area contributed by atoms with E-state index in [4.69, 9.17) is 5.73 Å². The van der Waals surface area contributed by atoms with Crippen molar-refractivity contribution in [3.63, 3.8) is 0 Å². The fraction of sp³-hybridized carbons (Fsp3) is 0.333. The third-order valence-electron chi connectivity index (χ3n) is 4.16. The van der Waals surface area contributed by atoms with E-state index in [1.807, 2.05) is 23.1 Å². The normalized spacial score (nSPS) is 19.3. The van der Waals surface area contributed by atoms with Gasteiger partial charge in [0.05, 0.1) is 0 Å². The molecule has 122 valence electrons. The number of carbonyl (C=O) groups is 1. The van der Waals surface area contributed by atoms with Crippen molar-refractivity contribution in [1.82, 2.24) is 4.98 Å². The monoisotopic (exact) mass is 313 g/mol. The summed E-state index contributed by atoms with van der Waals surface area (Å²) in [7, 11) is 0. The van der Waals surface area contributed by atoms with E-state index in [0.29, 0.717) is 17.6 Å². The van der Waals surface area contributed by atoms with Crippen molar-refractivity contribution in [2.75, 3.05) is 10.6 Å². The zero-order valence-corrected chi connectivity index (χ0v) is 13.7. The molecule has 0 fully saturated rings. The van der Waals surface area contributed by atoms with E-state index in [1.165, 1.54) is 17.8 Å². The second-order valence-electron chi connectivity index (χ2n) is 5.93. The lowest BCUT2D eigenvalue weighted by Crippen LogP contribution is -2.45. The van der Waals surface area contributed by atoms with Gasteiger partial charge in [-0.25, -0.2) is 0 Å². The van der Waals surface area contributed by atoms with Gasteiger partial charge < -0.3 is 15.6 Å². The number of carbonyl (C=O) groups excluding carboxylic acids is 1. The van der Waals surface area contributed by atoms with Crippen molar-refractivity contribution < 1.29 is 4.79 Å². The van der Waals surface area contributed by atoms with E-state index in [9.17, 15) is 9.59 Å². The Morgan fingerprint density at radius 1 is 1.26 bits per heavy atom. The van der Waals surface area contributed by atoms with Gasteiger partial charge in [-0.3, -0.25) is 9.59 Å². The average molecular weight is 313 g/mol. The maximum atomic E-state index is 11.6. The third kappa shape index (κ3) is 4.00. The van der Waals surface area contributed by atoms with Gasteiger partial charge in [0.1, 0.15) is 0 Å². The van der Waals surface area contributed by atoms with Gasteiger partial charge in [0, 0.05) is 36.6 Å². The van der Waals surface area contributed by atoms with Crippen molar-refractivity contribution in [1.29, 1.82) is 0 Å². The number of anilines is 2. The maximum Gasteiger partial charge on any atom is 0.249 e. The Morgan fingerprint density at radius 2 is 1.96 bits per heavy atom. The lowest BCUT2D eigenvalue weighted by Gasteiger charge is -2.38. The predicted octanol–water partition coefficient (Wildman–Crippen LogP) is 2.58. The summed E-state index contributed by atoms with van der Waals surface area (Å²) in [6.07, 6.45) is 2.58. The molecule has 0 radical (unpaired) electrons. The number of nitrogens with one attached hydrogen (secondary N) is 1. The fourth-order valence-electron chi connectivity index (χ4n) is 2.83. The minimum absolute atomic E-state index is 0.140. The number of amides is 1. The molecular weight excluding hydrogens is 290 g/mol. The van der Waals surface area contributed by atoms with Crippen LogP contribution in [0.15, 0.2) is 47.4 Å². The minimum atomic E-state index is -0.162. The zero-order valence-electron chi connectivity index (χ0n) is 13.7. The summed E-state index contributed by atoms with van der Waals surface area (Å²) >= 11 is 0. The summed E-state index contributed by atoms with van der Waals surface area (Å²) in [6.45, 7) is 5.98. The molecule has 0 saturated carbocycles. The third-order valence-corrected chi connectivity index (χ3v) is 4.16. The summed E-state index contributed by atoms with van der Waals surface area (Å²) in [5, 5.41) is 0. The molecule has 2 heterocycles. The standard InChI is InChI=1S/C13H17NO.C5H6N2O/c1-9-8-12-6-4-5-7-13(12)14(10(9)2)11(3)15;6-4-1-2-7-5(8)3-4/h4-7,9-10H,8H2,1-3H3;1-3H,(H3,6,7,8)/t9-,10+;/m1./s1. The number of fused-ring (bicyclic) bond motifs is 1. The first-order valence-corrected chi connectivity index (χ1v) is 7.72. The molecule has 1 amide bonds. The lowest BCUT2D eigenvalue weighted by molar-refractivity contribution is -0.117. The Morgan fingerprint density at radius 3 is 2.52 bits per heavy atom. The molecule has 0 spiro atoms. The van der Waals surface area contributed by atoms with Crippen LogP contribution in [0.1, 0.15) is 26.3 Å². The number of H-pyrrole nitrogens is 1. The molecule has 0 bridgehead atoms. The largest absolute Gasteiger partial charge is 0.399 e. The molecule has 2 atom stereocenters. The van der Waals surface area contributed by atoms with Crippen LogP contribution in [0, 0.1) is 5.92 Å². The van der Waals surface area contributed by atoms with E-state index in [1.54, 1.807) is 13.0 Å². The number of aromatic amines is 1. The van der Waals surface area contributed by atoms with Gasteiger partial charge in [-0.05, 0) is 37.0 Å². The van der Waals surface area contributed by atoms with Gasteiger partial charge in [0.25, 0.3) is 0 Å². The summed E-state index contributed by atoms with van der Waals surface area (Å²) in [5.74, 6) is 0.672. The number of rotatable bonds is 0. The molecule has 0 saturated heterocycles. The van der Waals surface area contributed by atoms with E-state index in [0.717, 1.165) is 12.1 Å². The van der Waals surface area contributed by atoms with E-state index in [2.05, 4.69) is 24.9 Å². The number of hydrogen-bond acceptors (Lipinski definition) is 3. The molecule has 1 aromatic carbocycles. The van der Waals surface area contributed by atoms with Gasteiger partial charge in [-0.1, -0.05) is 25.1 Å². The Kier molecular flexibility index (Phi) is 5.21. The van der Waals surface area contributed by atoms with Crippen LogP contribution in [0.4, 0.5) is 11.4 Å². The number of benzene rings is 1. The first-order valence-electron chi connectivity index (χ1n) is 7.72. The zero-order chi connectivity index (χ0) is 17.0. The molecule has 5 nitrogen and oxygen atoms in total. The fourth-order valence-corrected chi connectivity index (χ4v) is 2.83. The number of nitrogens with two attached hydrogens (primary N) is 1. The summed E-state index contributed by atoms with van der Waals surface area (Å²) in [5.41, 5.74) is 7.95. The number of para-hydroxylation sites is 1. The first-order chi connectivity index (χ1) is 10.9. The van der Waals surface area contributed by atoms with Crippen LogP contribution in [-0.2, 0) is 11.2 Å². The molecule has 0 unspecified atom stereocenters. The van der Waals surface area contributed by atoms with E-state index in [-0.39, 0.29) is 11.5 Å². The van der Waals surface area contributed by atoms with Gasteiger partial charge in [0.2, 0.25) is 11.5 Å². The van der Waals surface area contributed by atoms with Gasteiger partial charge in [-0.15, -0.1) is 0 Å².